The third kappa shape index (κ3) is 5.14. The van der Waals surface area contributed by atoms with Gasteiger partial charge in [0.05, 0.1) is 12.3 Å². The van der Waals surface area contributed by atoms with Crippen LogP contribution < -0.4 is 5.32 Å². The standard InChI is InChI=1S/C20H27N5O2S/c1-15-10-16(2)12-17(11-15)25-5-4-22-20(25)28-14-19(27)24-8-6-23(7-9-24)13-18(26)21-3/h4-5,10-12H,6-9,13-14H2,1-3H3,(H,21,26). The molecule has 0 spiro atoms. The lowest BCUT2D eigenvalue weighted by Crippen LogP contribution is -2.51. The number of rotatable bonds is 6. The van der Waals surface area contributed by atoms with Gasteiger partial charge in [-0.1, -0.05) is 17.8 Å². The molecule has 8 heteroatoms. The molecule has 1 aromatic carbocycles. The molecule has 0 saturated carbocycles. The molecule has 2 heterocycles. The normalized spacial score (nSPS) is 14.9. The van der Waals surface area contributed by atoms with Gasteiger partial charge in [-0.05, 0) is 37.1 Å². The molecule has 7 nitrogen and oxygen atoms in total. The first-order valence-corrected chi connectivity index (χ1v) is 10.4. The third-order valence-electron chi connectivity index (χ3n) is 4.79. The summed E-state index contributed by atoms with van der Waals surface area (Å²) in [6.45, 7) is 7.30. The van der Waals surface area contributed by atoms with Gasteiger partial charge in [0.25, 0.3) is 0 Å². The minimum Gasteiger partial charge on any atom is -0.358 e. The molecule has 1 saturated heterocycles. The van der Waals surface area contributed by atoms with Gasteiger partial charge >= 0.3 is 0 Å². The quantitative estimate of drug-likeness (QED) is 0.743. The zero-order chi connectivity index (χ0) is 20.1. The van der Waals surface area contributed by atoms with Gasteiger partial charge < -0.3 is 10.2 Å². The summed E-state index contributed by atoms with van der Waals surface area (Å²) < 4.78 is 2.03. The van der Waals surface area contributed by atoms with E-state index in [0.717, 1.165) is 23.9 Å². The number of hydrogen-bond donors (Lipinski definition) is 1. The average Bonchev–Trinajstić information content (AvgIpc) is 3.14. The second-order valence-corrected chi connectivity index (χ2v) is 7.99. The van der Waals surface area contributed by atoms with Crippen LogP contribution in [-0.2, 0) is 9.59 Å². The average molecular weight is 402 g/mol. The van der Waals surface area contributed by atoms with Crippen LogP contribution in [0.2, 0.25) is 0 Å². The molecule has 3 rings (SSSR count). The lowest BCUT2D eigenvalue weighted by atomic mass is 10.1. The number of carbonyl (C=O) groups excluding carboxylic acids is 2. The zero-order valence-corrected chi connectivity index (χ0v) is 17.5. The third-order valence-corrected chi connectivity index (χ3v) is 5.74. The molecule has 0 atom stereocenters. The van der Waals surface area contributed by atoms with Crippen molar-refractivity contribution in [2.75, 3.05) is 45.5 Å². The van der Waals surface area contributed by atoms with Crippen molar-refractivity contribution in [3.63, 3.8) is 0 Å². The van der Waals surface area contributed by atoms with Gasteiger partial charge in [0.15, 0.2) is 5.16 Å². The number of carbonyl (C=O) groups is 2. The van der Waals surface area contributed by atoms with Crippen molar-refractivity contribution in [3.05, 3.63) is 41.7 Å². The number of amides is 2. The molecule has 0 bridgehead atoms. The SMILES string of the molecule is CNC(=O)CN1CCN(C(=O)CSc2nccn2-c2cc(C)cc(C)c2)CC1. The topological polar surface area (TPSA) is 70.5 Å². The van der Waals surface area contributed by atoms with Gasteiger partial charge in [-0.2, -0.15) is 0 Å². The maximum absolute atomic E-state index is 12.6. The molecule has 0 aliphatic carbocycles. The smallest absolute Gasteiger partial charge is 0.233 e. The van der Waals surface area contributed by atoms with Crippen molar-refractivity contribution in [2.24, 2.45) is 0 Å². The second-order valence-electron chi connectivity index (χ2n) is 7.04. The molecule has 1 aromatic heterocycles. The first-order valence-electron chi connectivity index (χ1n) is 9.42. The van der Waals surface area contributed by atoms with Crippen molar-refractivity contribution < 1.29 is 9.59 Å². The fourth-order valence-electron chi connectivity index (χ4n) is 3.34. The van der Waals surface area contributed by atoms with Crippen LogP contribution in [0, 0.1) is 13.8 Å². The number of likely N-dealkylation sites (N-methyl/N-ethyl adjacent to an activating group) is 1. The van der Waals surface area contributed by atoms with E-state index in [1.54, 1.807) is 13.2 Å². The van der Waals surface area contributed by atoms with E-state index >= 15 is 0 Å². The highest BCUT2D eigenvalue weighted by molar-refractivity contribution is 7.99. The number of thioether (sulfide) groups is 1. The largest absolute Gasteiger partial charge is 0.358 e. The van der Waals surface area contributed by atoms with Crippen LogP contribution in [0.3, 0.4) is 0 Å². The Labute approximate surface area is 170 Å². The monoisotopic (exact) mass is 401 g/mol. The lowest BCUT2D eigenvalue weighted by Gasteiger charge is -2.34. The number of nitrogens with zero attached hydrogens (tertiary/aromatic N) is 4. The Hall–Kier alpha value is -2.32. The molecule has 0 radical (unpaired) electrons. The Bertz CT molecular complexity index is 823. The number of nitrogens with one attached hydrogen (secondary N) is 1. The van der Waals surface area contributed by atoms with Crippen molar-refractivity contribution in [1.82, 2.24) is 24.7 Å². The summed E-state index contributed by atoms with van der Waals surface area (Å²) in [5.41, 5.74) is 3.46. The molecule has 150 valence electrons. The van der Waals surface area contributed by atoms with Crippen molar-refractivity contribution in [3.8, 4) is 5.69 Å². The number of aromatic nitrogens is 2. The van der Waals surface area contributed by atoms with E-state index in [1.165, 1.54) is 22.9 Å². The summed E-state index contributed by atoms with van der Waals surface area (Å²) in [7, 11) is 1.64. The molecule has 0 unspecified atom stereocenters. The van der Waals surface area contributed by atoms with Crippen LogP contribution in [0.1, 0.15) is 11.1 Å². The van der Waals surface area contributed by atoms with Gasteiger partial charge in [-0.25, -0.2) is 4.98 Å². The Balaban J connectivity index is 1.55. The zero-order valence-electron chi connectivity index (χ0n) is 16.6. The van der Waals surface area contributed by atoms with Crippen molar-refractivity contribution in [2.45, 2.75) is 19.0 Å². The highest BCUT2D eigenvalue weighted by Gasteiger charge is 2.22. The van der Waals surface area contributed by atoms with Gasteiger partial charge in [0.2, 0.25) is 11.8 Å². The molecular formula is C20H27N5O2S. The molecule has 1 fully saturated rings. The Morgan fingerprint density at radius 3 is 2.43 bits per heavy atom. The molecular weight excluding hydrogens is 374 g/mol. The Kier molecular flexibility index (Phi) is 6.74. The summed E-state index contributed by atoms with van der Waals surface area (Å²) in [5, 5.41) is 3.45. The number of imidazole rings is 1. The number of piperazine rings is 1. The fraction of sp³-hybridized carbons (Fsp3) is 0.450. The van der Waals surface area contributed by atoms with Crippen LogP contribution in [0.5, 0.6) is 0 Å². The number of benzene rings is 1. The van der Waals surface area contributed by atoms with Crippen LogP contribution in [0.4, 0.5) is 0 Å². The van der Waals surface area contributed by atoms with E-state index in [0.29, 0.717) is 25.4 Å². The predicted octanol–water partition coefficient (Wildman–Crippen LogP) is 1.47. The van der Waals surface area contributed by atoms with Crippen LogP contribution in [0.25, 0.3) is 5.69 Å². The second kappa shape index (κ2) is 9.25. The molecule has 1 aliphatic rings. The first kappa shape index (κ1) is 20.4. The summed E-state index contributed by atoms with van der Waals surface area (Å²) in [5.74, 6) is 0.477. The van der Waals surface area contributed by atoms with E-state index in [2.05, 4.69) is 47.2 Å². The van der Waals surface area contributed by atoms with E-state index in [-0.39, 0.29) is 11.8 Å². The minimum atomic E-state index is 0.00792. The summed E-state index contributed by atoms with van der Waals surface area (Å²) in [4.78, 5) is 32.4. The van der Waals surface area contributed by atoms with Crippen LogP contribution in [-0.4, -0.2) is 76.7 Å². The predicted molar refractivity (Wildman–Crippen MR) is 111 cm³/mol. The van der Waals surface area contributed by atoms with E-state index in [4.69, 9.17) is 0 Å². The molecule has 1 aliphatic heterocycles. The Morgan fingerprint density at radius 2 is 1.79 bits per heavy atom. The molecule has 2 amide bonds. The van der Waals surface area contributed by atoms with Crippen LogP contribution >= 0.6 is 11.8 Å². The summed E-state index contributed by atoms with van der Waals surface area (Å²) in [6, 6.07) is 6.37. The maximum atomic E-state index is 12.6. The maximum Gasteiger partial charge on any atom is 0.233 e. The van der Waals surface area contributed by atoms with Gasteiger partial charge in [0.1, 0.15) is 0 Å². The first-order chi connectivity index (χ1) is 13.5. The molecule has 28 heavy (non-hydrogen) atoms. The van der Waals surface area contributed by atoms with E-state index in [1.807, 2.05) is 15.7 Å². The fourth-order valence-corrected chi connectivity index (χ4v) is 4.21. The highest BCUT2D eigenvalue weighted by atomic mass is 32.2. The Morgan fingerprint density at radius 1 is 1.11 bits per heavy atom. The highest BCUT2D eigenvalue weighted by Crippen LogP contribution is 2.22. The molecule has 1 N–H and O–H groups in total. The van der Waals surface area contributed by atoms with E-state index in [9.17, 15) is 9.59 Å². The number of hydrogen-bond acceptors (Lipinski definition) is 5. The summed E-state index contributed by atoms with van der Waals surface area (Å²) >= 11 is 1.46. The number of aryl methyl sites for hydroxylation is 2. The molecule has 2 aromatic rings. The summed E-state index contributed by atoms with van der Waals surface area (Å²) in [6.07, 6.45) is 3.70. The minimum absolute atomic E-state index is 0.00792. The van der Waals surface area contributed by atoms with Crippen molar-refractivity contribution in [1.29, 1.82) is 0 Å². The van der Waals surface area contributed by atoms with Gasteiger partial charge in [0, 0.05) is 51.3 Å². The van der Waals surface area contributed by atoms with Gasteiger partial charge in [-0.15, -0.1) is 0 Å². The van der Waals surface area contributed by atoms with Gasteiger partial charge in [-0.3, -0.25) is 19.1 Å². The van der Waals surface area contributed by atoms with Crippen molar-refractivity contribution >= 4 is 23.6 Å². The van der Waals surface area contributed by atoms with Crippen LogP contribution in [0.15, 0.2) is 35.7 Å². The lowest BCUT2D eigenvalue weighted by molar-refractivity contribution is -0.130. The van der Waals surface area contributed by atoms with E-state index < -0.39 is 0 Å².